The number of anilines is 1. The molecule has 3 aliphatic rings. The van der Waals surface area contributed by atoms with Gasteiger partial charge in [0, 0.05) is 60.3 Å². The first-order valence-electron chi connectivity index (χ1n) is 14.6. The number of hydrogen-bond donors (Lipinski definition) is 0. The molecule has 0 aliphatic carbocycles. The molecule has 5 rings (SSSR count). The Morgan fingerprint density at radius 2 is 1.56 bits per heavy atom. The molecule has 0 radical (unpaired) electrons. The summed E-state index contributed by atoms with van der Waals surface area (Å²) in [5, 5.41) is 0.623. The van der Waals surface area contributed by atoms with E-state index in [0.717, 1.165) is 19.4 Å². The highest BCUT2D eigenvalue weighted by atomic mass is 16.7. The topological polar surface area (TPSA) is 69.9 Å². The molecule has 3 aliphatic heterocycles. The van der Waals surface area contributed by atoms with Gasteiger partial charge in [0.2, 0.25) is 5.69 Å². The Kier molecular flexibility index (Phi) is 7.73. The van der Waals surface area contributed by atoms with Gasteiger partial charge in [-0.15, -0.1) is 5.06 Å². The van der Waals surface area contributed by atoms with E-state index >= 15 is 0 Å². The lowest BCUT2D eigenvalue weighted by Crippen LogP contribution is -2.32. The van der Waals surface area contributed by atoms with Crippen LogP contribution in [0.5, 0.6) is 0 Å². The molecule has 3 heterocycles. The molecule has 2 aromatic rings. The Bertz CT molecular complexity index is 1460. The molecule has 0 bridgehead atoms. The van der Waals surface area contributed by atoms with E-state index < -0.39 is 17.8 Å². The van der Waals surface area contributed by atoms with E-state index in [1.165, 1.54) is 33.9 Å². The van der Waals surface area contributed by atoms with Crippen molar-refractivity contribution in [3.8, 4) is 0 Å². The molecule has 0 unspecified atom stereocenters. The molecule has 7 heteroatoms. The Balaban J connectivity index is 1.26. The van der Waals surface area contributed by atoms with Crippen LogP contribution in [-0.2, 0) is 30.1 Å². The second-order valence-electron chi connectivity index (χ2n) is 12.1. The van der Waals surface area contributed by atoms with Crippen LogP contribution in [0.4, 0.5) is 11.4 Å². The molecule has 214 valence electrons. The maximum absolute atomic E-state index is 12.2. The highest BCUT2D eigenvalue weighted by molar-refractivity contribution is 6.03. The lowest BCUT2D eigenvalue weighted by molar-refractivity contribution is -0.401. The Morgan fingerprint density at radius 3 is 2.27 bits per heavy atom. The summed E-state index contributed by atoms with van der Waals surface area (Å²) >= 11 is 0. The summed E-state index contributed by atoms with van der Waals surface area (Å²) in [5.74, 6) is -1.43. The third-order valence-electron chi connectivity index (χ3n) is 8.71. The Hall–Kier alpha value is -4.00. The molecule has 0 N–H and O–H groups in total. The number of amides is 2. The van der Waals surface area contributed by atoms with Gasteiger partial charge in [-0.3, -0.25) is 9.59 Å². The third-order valence-corrected chi connectivity index (χ3v) is 8.71. The molecule has 2 aromatic carbocycles. The van der Waals surface area contributed by atoms with Crippen molar-refractivity contribution in [1.82, 2.24) is 5.06 Å². The van der Waals surface area contributed by atoms with Gasteiger partial charge in [0.15, 0.2) is 5.71 Å². The molecule has 0 atom stereocenters. The first kappa shape index (κ1) is 28.5. The molecule has 0 spiro atoms. The molecule has 0 saturated carbocycles. The van der Waals surface area contributed by atoms with Crippen LogP contribution in [0.3, 0.4) is 0 Å². The number of hydroxylamine groups is 2. The number of carbonyl (C=O) groups is 3. The van der Waals surface area contributed by atoms with Gasteiger partial charge in [0.25, 0.3) is 11.8 Å². The number of allylic oxidation sites excluding steroid dienone is 4. The van der Waals surface area contributed by atoms with Crippen LogP contribution in [0.15, 0.2) is 72.5 Å². The zero-order chi connectivity index (χ0) is 29.4. The van der Waals surface area contributed by atoms with Crippen molar-refractivity contribution in [2.75, 3.05) is 18.5 Å². The van der Waals surface area contributed by atoms with E-state index in [4.69, 9.17) is 4.84 Å². The van der Waals surface area contributed by atoms with Gasteiger partial charge in [0.1, 0.15) is 7.05 Å². The van der Waals surface area contributed by atoms with Crippen molar-refractivity contribution in [3.63, 3.8) is 0 Å². The minimum atomic E-state index is -0.536. The smallest absolute Gasteiger partial charge is 0.333 e. The summed E-state index contributed by atoms with van der Waals surface area (Å²) in [4.78, 5) is 43.0. The number of para-hydroxylation sites is 2. The van der Waals surface area contributed by atoms with Gasteiger partial charge >= 0.3 is 5.97 Å². The number of hydrogen-bond acceptors (Lipinski definition) is 5. The first-order chi connectivity index (χ1) is 19.5. The number of unbranched alkanes of at least 4 members (excludes halogenated alkanes) is 2. The average molecular weight is 555 g/mol. The minimum Gasteiger partial charge on any atom is -0.344 e. The van der Waals surface area contributed by atoms with Gasteiger partial charge in [-0.05, 0) is 44.4 Å². The molecular formula is C34H40N3O4+. The fraction of sp³-hybridized carbons (Fsp3) is 0.412. The molecule has 1 fully saturated rings. The zero-order valence-corrected chi connectivity index (χ0v) is 24.8. The number of carbonyl (C=O) groups excluding carboxylic acids is 3. The maximum Gasteiger partial charge on any atom is 0.333 e. The predicted molar refractivity (Wildman–Crippen MR) is 160 cm³/mol. The lowest BCUT2D eigenvalue weighted by atomic mass is 9.81. The Labute approximate surface area is 242 Å². The van der Waals surface area contributed by atoms with E-state index in [1.54, 1.807) is 0 Å². The first-order valence-corrected chi connectivity index (χ1v) is 14.6. The van der Waals surface area contributed by atoms with Crippen molar-refractivity contribution >= 4 is 34.9 Å². The summed E-state index contributed by atoms with van der Waals surface area (Å²) < 4.78 is 2.29. The van der Waals surface area contributed by atoms with Crippen molar-refractivity contribution in [2.45, 2.75) is 77.0 Å². The summed E-state index contributed by atoms with van der Waals surface area (Å²) in [7, 11) is 2.14. The summed E-state index contributed by atoms with van der Waals surface area (Å²) in [6, 6.07) is 17.2. The summed E-state index contributed by atoms with van der Waals surface area (Å²) in [5.41, 5.74) is 7.41. The van der Waals surface area contributed by atoms with E-state index in [9.17, 15) is 14.4 Å². The van der Waals surface area contributed by atoms with Crippen molar-refractivity contribution in [1.29, 1.82) is 0 Å². The van der Waals surface area contributed by atoms with Crippen LogP contribution >= 0.6 is 0 Å². The second kappa shape index (κ2) is 11.1. The van der Waals surface area contributed by atoms with Gasteiger partial charge in [-0.25, -0.2) is 4.79 Å². The maximum atomic E-state index is 12.2. The van der Waals surface area contributed by atoms with Gasteiger partial charge in [0.05, 0.1) is 5.41 Å². The monoisotopic (exact) mass is 554 g/mol. The third kappa shape index (κ3) is 5.25. The highest BCUT2D eigenvalue weighted by Crippen LogP contribution is 2.47. The molecule has 7 nitrogen and oxygen atoms in total. The van der Waals surface area contributed by atoms with Crippen LogP contribution in [0, 0.1) is 0 Å². The van der Waals surface area contributed by atoms with Crippen LogP contribution in [0.25, 0.3) is 0 Å². The van der Waals surface area contributed by atoms with E-state index in [2.05, 4.69) is 111 Å². The van der Waals surface area contributed by atoms with Gasteiger partial charge in [-0.1, -0.05) is 62.7 Å². The largest absolute Gasteiger partial charge is 0.344 e. The summed E-state index contributed by atoms with van der Waals surface area (Å²) in [6.45, 7) is 9.93. The number of rotatable bonds is 9. The van der Waals surface area contributed by atoms with Crippen molar-refractivity contribution in [3.05, 3.63) is 83.6 Å². The van der Waals surface area contributed by atoms with E-state index in [0.29, 0.717) is 11.5 Å². The SMILES string of the molecule is C[N+]1=C(C=CC=C2N(CCCCCC(=O)ON3C(=O)CCC3=O)c3ccccc3C2(C)C)C(C)(C)c2ccccc21. The van der Waals surface area contributed by atoms with Crippen molar-refractivity contribution in [2.24, 2.45) is 0 Å². The van der Waals surface area contributed by atoms with Crippen LogP contribution in [0.1, 0.15) is 77.3 Å². The minimum absolute atomic E-state index is 0.0787. The number of imide groups is 1. The lowest BCUT2D eigenvalue weighted by Gasteiger charge is -2.27. The van der Waals surface area contributed by atoms with E-state index in [1.807, 2.05) is 0 Å². The standard InChI is InChI=1S/C34H40N3O4/c1-33(2)24-14-8-10-16-26(24)35(5)28(33)18-13-19-29-34(3,4)25-15-9-11-17-27(25)36(29)23-12-6-7-20-32(40)41-37-30(38)21-22-31(37)39/h8-11,13-19H,6-7,12,20-23H2,1-5H3/q+1. The normalized spacial score (nSPS) is 20.0. The quantitative estimate of drug-likeness (QED) is 0.213. The van der Waals surface area contributed by atoms with Crippen LogP contribution < -0.4 is 4.90 Å². The fourth-order valence-electron chi connectivity index (χ4n) is 6.44. The van der Waals surface area contributed by atoms with E-state index in [-0.39, 0.29) is 30.1 Å². The fourth-order valence-corrected chi connectivity index (χ4v) is 6.44. The molecule has 41 heavy (non-hydrogen) atoms. The van der Waals surface area contributed by atoms with Crippen LogP contribution in [-0.4, -0.2) is 46.7 Å². The Morgan fingerprint density at radius 1 is 0.902 bits per heavy atom. The number of fused-ring (bicyclic) bond motifs is 2. The van der Waals surface area contributed by atoms with Gasteiger partial charge in [-0.2, -0.15) is 4.58 Å². The van der Waals surface area contributed by atoms with Gasteiger partial charge < -0.3 is 9.74 Å². The molecule has 2 amide bonds. The predicted octanol–water partition coefficient (Wildman–Crippen LogP) is 6.10. The average Bonchev–Trinajstić information content (AvgIpc) is 3.45. The van der Waals surface area contributed by atoms with Crippen molar-refractivity contribution < 1.29 is 23.8 Å². The second-order valence-corrected chi connectivity index (χ2v) is 12.1. The zero-order valence-electron chi connectivity index (χ0n) is 24.8. The number of nitrogens with zero attached hydrogens (tertiary/aromatic N) is 3. The number of benzene rings is 2. The molecule has 1 saturated heterocycles. The molecule has 0 aromatic heterocycles. The highest BCUT2D eigenvalue weighted by Gasteiger charge is 2.43. The molecular weight excluding hydrogens is 514 g/mol. The summed E-state index contributed by atoms with van der Waals surface area (Å²) in [6.07, 6.45) is 9.41. The van der Waals surface area contributed by atoms with Crippen LogP contribution in [0.2, 0.25) is 0 Å².